The van der Waals surface area contributed by atoms with Crippen LogP contribution in [0.4, 0.5) is 5.69 Å². The van der Waals surface area contributed by atoms with E-state index in [9.17, 15) is 9.59 Å². The van der Waals surface area contributed by atoms with Gasteiger partial charge in [0.1, 0.15) is 0 Å². The fourth-order valence-electron chi connectivity index (χ4n) is 2.43. The molecule has 0 radical (unpaired) electrons. The molecule has 0 heterocycles. The summed E-state index contributed by atoms with van der Waals surface area (Å²) in [5, 5.41) is 2.81. The number of carbonyl (C=O) groups excluding carboxylic acids is 2. The Morgan fingerprint density at radius 3 is 2.21 bits per heavy atom. The van der Waals surface area contributed by atoms with E-state index in [4.69, 9.17) is 0 Å². The number of anilines is 1. The van der Waals surface area contributed by atoms with Crippen molar-refractivity contribution in [2.24, 2.45) is 0 Å². The molecule has 4 heteroatoms. The predicted octanol–water partition coefficient (Wildman–Crippen LogP) is 3.64. The van der Waals surface area contributed by atoms with Crippen molar-refractivity contribution in [3.8, 4) is 0 Å². The van der Waals surface area contributed by atoms with Gasteiger partial charge in [0, 0.05) is 30.8 Å². The number of nitrogens with zero attached hydrogens (tertiary/aromatic N) is 1. The van der Waals surface area contributed by atoms with Gasteiger partial charge in [-0.1, -0.05) is 49.7 Å². The third-order valence-electron chi connectivity index (χ3n) is 3.76. The molecule has 1 N–H and O–H groups in total. The van der Waals surface area contributed by atoms with Crippen molar-refractivity contribution in [2.75, 3.05) is 18.0 Å². The Labute approximate surface area is 143 Å². The average molecular weight is 324 g/mol. The zero-order valence-corrected chi connectivity index (χ0v) is 14.1. The second-order valence-electron chi connectivity index (χ2n) is 5.61. The minimum atomic E-state index is -0.150. The van der Waals surface area contributed by atoms with Crippen LogP contribution in [0.3, 0.4) is 0 Å². The first-order chi connectivity index (χ1) is 11.7. The highest BCUT2D eigenvalue weighted by molar-refractivity contribution is 5.96. The number of rotatable bonds is 8. The van der Waals surface area contributed by atoms with E-state index in [0.29, 0.717) is 18.7 Å². The zero-order valence-electron chi connectivity index (χ0n) is 14.1. The number of nitrogens with one attached hydrogen (secondary N) is 1. The molecule has 0 aliphatic rings. The molecule has 0 aliphatic heterocycles. The first-order valence-electron chi connectivity index (χ1n) is 8.41. The standard InChI is InChI=1S/C20H24N2O2/c1-2-3-16-22(18-12-8-5-9-13-18)19(23)14-15-21-20(24)17-10-6-4-7-11-17/h4-13H,2-3,14-16H2,1H3,(H,21,24). The highest BCUT2D eigenvalue weighted by atomic mass is 16.2. The summed E-state index contributed by atoms with van der Waals surface area (Å²) in [7, 11) is 0. The highest BCUT2D eigenvalue weighted by Gasteiger charge is 2.15. The molecule has 126 valence electrons. The van der Waals surface area contributed by atoms with Crippen LogP contribution in [-0.2, 0) is 4.79 Å². The number of hydrogen-bond donors (Lipinski definition) is 1. The Hall–Kier alpha value is -2.62. The second-order valence-corrected chi connectivity index (χ2v) is 5.61. The van der Waals surface area contributed by atoms with Crippen LogP contribution in [0.15, 0.2) is 60.7 Å². The predicted molar refractivity (Wildman–Crippen MR) is 97.1 cm³/mol. The molecular weight excluding hydrogens is 300 g/mol. The van der Waals surface area contributed by atoms with Crippen molar-refractivity contribution in [3.05, 3.63) is 66.2 Å². The first kappa shape index (κ1) is 17.7. The lowest BCUT2D eigenvalue weighted by molar-refractivity contribution is -0.118. The molecule has 0 saturated carbocycles. The van der Waals surface area contributed by atoms with Gasteiger partial charge in [0.2, 0.25) is 5.91 Å². The average Bonchev–Trinajstić information content (AvgIpc) is 2.63. The summed E-state index contributed by atoms with van der Waals surface area (Å²) in [6.45, 7) is 3.14. The van der Waals surface area contributed by atoms with E-state index < -0.39 is 0 Å². The van der Waals surface area contributed by atoms with Crippen molar-refractivity contribution < 1.29 is 9.59 Å². The van der Waals surface area contributed by atoms with Crippen LogP contribution in [0, 0.1) is 0 Å². The van der Waals surface area contributed by atoms with Crippen LogP contribution >= 0.6 is 0 Å². The lowest BCUT2D eigenvalue weighted by atomic mass is 10.2. The fraction of sp³-hybridized carbons (Fsp3) is 0.300. The largest absolute Gasteiger partial charge is 0.352 e. The Bertz CT molecular complexity index is 641. The lowest BCUT2D eigenvalue weighted by Gasteiger charge is -2.23. The SMILES string of the molecule is CCCCN(C(=O)CCNC(=O)c1ccccc1)c1ccccc1. The topological polar surface area (TPSA) is 49.4 Å². The normalized spacial score (nSPS) is 10.2. The van der Waals surface area contributed by atoms with Gasteiger partial charge in [0.15, 0.2) is 0 Å². The molecule has 0 fully saturated rings. The summed E-state index contributed by atoms with van der Waals surface area (Å²) in [5.41, 5.74) is 1.51. The molecule has 2 aromatic rings. The number of para-hydroxylation sites is 1. The van der Waals surface area contributed by atoms with Gasteiger partial charge in [0.25, 0.3) is 5.91 Å². The number of hydrogen-bond acceptors (Lipinski definition) is 2. The number of carbonyl (C=O) groups is 2. The first-order valence-corrected chi connectivity index (χ1v) is 8.41. The van der Waals surface area contributed by atoms with Gasteiger partial charge in [-0.15, -0.1) is 0 Å². The maximum Gasteiger partial charge on any atom is 0.251 e. The van der Waals surface area contributed by atoms with Gasteiger partial charge in [-0.25, -0.2) is 0 Å². The highest BCUT2D eigenvalue weighted by Crippen LogP contribution is 2.15. The van der Waals surface area contributed by atoms with E-state index in [1.165, 1.54) is 0 Å². The van der Waals surface area contributed by atoms with Crippen molar-refractivity contribution in [3.63, 3.8) is 0 Å². The Balaban J connectivity index is 1.89. The molecule has 2 amide bonds. The molecule has 4 nitrogen and oxygen atoms in total. The molecule has 24 heavy (non-hydrogen) atoms. The van der Waals surface area contributed by atoms with Crippen molar-refractivity contribution in [1.82, 2.24) is 5.32 Å². The van der Waals surface area contributed by atoms with Crippen LogP contribution in [0.2, 0.25) is 0 Å². The van der Waals surface area contributed by atoms with Gasteiger partial charge in [0.05, 0.1) is 0 Å². The summed E-state index contributed by atoms with van der Waals surface area (Å²) in [5.74, 6) is -0.119. The van der Waals surface area contributed by atoms with E-state index in [-0.39, 0.29) is 18.2 Å². The summed E-state index contributed by atoms with van der Waals surface area (Å²) in [4.78, 5) is 26.3. The molecule has 0 bridgehead atoms. The van der Waals surface area contributed by atoms with Gasteiger partial charge in [-0.05, 0) is 30.7 Å². The van der Waals surface area contributed by atoms with Gasteiger partial charge >= 0.3 is 0 Å². The zero-order chi connectivity index (χ0) is 17.2. The third-order valence-corrected chi connectivity index (χ3v) is 3.76. The Kier molecular flexibility index (Phi) is 7.02. The van der Waals surface area contributed by atoms with E-state index >= 15 is 0 Å². The van der Waals surface area contributed by atoms with Gasteiger partial charge in [-0.3, -0.25) is 9.59 Å². The molecule has 0 saturated heterocycles. The van der Waals surface area contributed by atoms with Crippen LogP contribution in [0.25, 0.3) is 0 Å². The second kappa shape index (κ2) is 9.50. The maximum absolute atomic E-state index is 12.5. The molecule has 0 atom stereocenters. The third kappa shape index (κ3) is 5.23. The van der Waals surface area contributed by atoms with E-state index in [1.54, 1.807) is 17.0 Å². The number of unbranched alkanes of at least 4 members (excludes halogenated alkanes) is 1. The Morgan fingerprint density at radius 1 is 0.958 bits per heavy atom. The number of amides is 2. The minimum Gasteiger partial charge on any atom is -0.352 e. The summed E-state index contributed by atoms with van der Waals surface area (Å²) < 4.78 is 0. The molecule has 2 aromatic carbocycles. The smallest absolute Gasteiger partial charge is 0.251 e. The lowest BCUT2D eigenvalue weighted by Crippen LogP contribution is -2.35. The molecule has 0 spiro atoms. The molecule has 0 aliphatic carbocycles. The molecule has 2 rings (SSSR count). The van der Waals surface area contributed by atoms with Crippen molar-refractivity contribution >= 4 is 17.5 Å². The summed E-state index contributed by atoms with van der Waals surface area (Å²) >= 11 is 0. The van der Waals surface area contributed by atoms with Crippen LogP contribution in [-0.4, -0.2) is 24.9 Å². The van der Waals surface area contributed by atoms with E-state index in [1.807, 2.05) is 48.5 Å². The van der Waals surface area contributed by atoms with E-state index in [2.05, 4.69) is 12.2 Å². The van der Waals surface area contributed by atoms with Gasteiger partial charge in [-0.2, -0.15) is 0 Å². The van der Waals surface area contributed by atoms with Crippen LogP contribution in [0.5, 0.6) is 0 Å². The summed E-state index contributed by atoms with van der Waals surface area (Å²) in [6, 6.07) is 18.7. The van der Waals surface area contributed by atoms with Gasteiger partial charge < -0.3 is 10.2 Å². The van der Waals surface area contributed by atoms with E-state index in [0.717, 1.165) is 18.5 Å². The summed E-state index contributed by atoms with van der Waals surface area (Å²) in [6.07, 6.45) is 2.27. The number of benzene rings is 2. The minimum absolute atomic E-state index is 0.0306. The fourth-order valence-corrected chi connectivity index (χ4v) is 2.43. The molecule has 0 aromatic heterocycles. The maximum atomic E-state index is 12.5. The molecular formula is C20H24N2O2. The van der Waals surface area contributed by atoms with Crippen molar-refractivity contribution in [1.29, 1.82) is 0 Å². The van der Waals surface area contributed by atoms with Crippen LogP contribution < -0.4 is 10.2 Å². The monoisotopic (exact) mass is 324 g/mol. The molecule has 0 unspecified atom stereocenters. The van der Waals surface area contributed by atoms with Crippen molar-refractivity contribution in [2.45, 2.75) is 26.2 Å². The Morgan fingerprint density at radius 2 is 1.58 bits per heavy atom. The quantitative estimate of drug-likeness (QED) is 0.806. The van der Waals surface area contributed by atoms with Crippen LogP contribution in [0.1, 0.15) is 36.5 Å².